The number of aliphatic carboxylic acids is 1. The molecule has 5 nitrogen and oxygen atoms in total. The molecule has 0 unspecified atom stereocenters. The summed E-state index contributed by atoms with van der Waals surface area (Å²) < 4.78 is 5.18. The number of carboxylic acids is 1. The molecule has 5 heteroatoms. The molecule has 1 atom stereocenters. The van der Waals surface area contributed by atoms with Crippen molar-refractivity contribution < 1.29 is 19.1 Å². The molecule has 0 aliphatic carbocycles. The summed E-state index contributed by atoms with van der Waals surface area (Å²) in [7, 11) is 0. The standard InChI is InChI=1S/C11H15NO4/c1-6(2)9-8(4-5-16-9)10(13)12-7(3)11(14)15/h4-7H,1-3H3,(H,12,13)(H,14,15)/t7-/m1/s1. The third kappa shape index (κ3) is 2.62. The van der Waals surface area contributed by atoms with E-state index in [0.717, 1.165) is 0 Å². The first-order chi connectivity index (χ1) is 7.43. The van der Waals surface area contributed by atoms with Crippen molar-refractivity contribution in [1.29, 1.82) is 0 Å². The van der Waals surface area contributed by atoms with E-state index in [2.05, 4.69) is 5.32 Å². The van der Waals surface area contributed by atoms with E-state index in [1.165, 1.54) is 13.2 Å². The van der Waals surface area contributed by atoms with E-state index >= 15 is 0 Å². The van der Waals surface area contributed by atoms with Gasteiger partial charge in [-0.2, -0.15) is 0 Å². The molecule has 0 saturated carbocycles. The molecule has 0 aliphatic heterocycles. The van der Waals surface area contributed by atoms with Crippen LogP contribution in [0.2, 0.25) is 0 Å². The number of hydrogen-bond acceptors (Lipinski definition) is 3. The van der Waals surface area contributed by atoms with Crippen LogP contribution in [0.25, 0.3) is 0 Å². The average molecular weight is 225 g/mol. The molecule has 1 amide bonds. The van der Waals surface area contributed by atoms with Gasteiger partial charge in [0.1, 0.15) is 11.8 Å². The van der Waals surface area contributed by atoms with Gasteiger partial charge in [-0.15, -0.1) is 0 Å². The molecule has 0 radical (unpaired) electrons. The highest BCUT2D eigenvalue weighted by molar-refractivity contribution is 5.97. The van der Waals surface area contributed by atoms with Crippen molar-refractivity contribution in [3.8, 4) is 0 Å². The van der Waals surface area contributed by atoms with Crippen molar-refractivity contribution in [2.45, 2.75) is 32.7 Å². The second kappa shape index (κ2) is 4.83. The van der Waals surface area contributed by atoms with Crippen LogP contribution in [-0.2, 0) is 4.79 Å². The summed E-state index contributed by atoms with van der Waals surface area (Å²) in [4.78, 5) is 22.3. The van der Waals surface area contributed by atoms with E-state index in [1.54, 1.807) is 6.07 Å². The number of carbonyl (C=O) groups is 2. The van der Waals surface area contributed by atoms with Gasteiger partial charge in [0.25, 0.3) is 5.91 Å². The lowest BCUT2D eigenvalue weighted by atomic mass is 10.1. The molecule has 0 aromatic carbocycles. The fourth-order valence-electron chi connectivity index (χ4n) is 1.29. The van der Waals surface area contributed by atoms with Crippen LogP contribution >= 0.6 is 0 Å². The topological polar surface area (TPSA) is 79.5 Å². The van der Waals surface area contributed by atoms with E-state index in [0.29, 0.717) is 11.3 Å². The minimum Gasteiger partial charge on any atom is -0.480 e. The van der Waals surface area contributed by atoms with Gasteiger partial charge >= 0.3 is 5.97 Å². The molecule has 0 fully saturated rings. The van der Waals surface area contributed by atoms with Gasteiger partial charge in [0, 0.05) is 5.92 Å². The van der Waals surface area contributed by atoms with Crippen molar-refractivity contribution in [3.63, 3.8) is 0 Å². The minimum atomic E-state index is -1.07. The molecular formula is C11H15NO4. The highest BCUT2D eigenvalue weighted by Gasteiger charge is 2.20. The van der Waals surface area contributed by atoms with E-state index < -0.39 is 17.9 Å². The number of nitrogens with one attached hydrogen (secondary N) is 1. The zero-order valence-corrected chi connectivity index (χ0v) is 9.48. The SMILES string of the molecule is CC(C)c1occc1C(=O)N[C@H](C)C(=O)O. The van der Waals surface area contributed by atoms with Crippen LogP contribution in [-0.4, -0.2) is 23.0 Å². The monoisotopic (exact) mass is 225 g/mol. The molecular weight excluding hydrogens is 210 g/mol. The zero-order valence-electron chi connectivity index (χ0n) is 9.48. The van der Waals surface area contributed by atoms with Crippen LogP contribution in [0.1, 0.15) is 42.8 Å². The first-order valence-corrected chi connectivity index (χ1v) is 5.04. The van der Waals surface area contributed by atoms with Gasteiger partial charge in [-0.05, 0) is 13.0 Å². The fourth-order valence-corrected chi connectivity index (χ4v) is 1.29. The van der Waals surface area contributed by atoms with Gasteiger partial charge < -0.3 is 14.8 Å². The highest BCUT2D eigenvalue weighted by atomic mass is 16.4. The lowest BCUT2D eigenvalue weighted by Crippen LogP contribution is -2.38. The Labute approximate surface area is 93.4 Å². The van der Waals surface area contributed by atoms with E-state index in [4.69, 9.17) is 9.52 Å². The van der Waals surface area contributed by atoms with Gasteiger partial charge in [-0.1, -0.05) is 13.8 Å². The van der Waals surface area contributed by atoms with Gasteiger partial charge in [-0.3, -0.25) is 9.59 Å². The average Bonchev–Trinajstić information content (AvgIpc) is 2.65. The van der Waals surface area contributed by atoms with Gasteiger partial charge in [0.2, 0.25) is 0 Å². The third-order valence-corrected chi connectivity index (χ3v) is 2.18. The van der Waals surface area contributed by atoms with Crippen LogP contribution < -0.4 is 5.32 Å². The molecule has 0 aliphatic rings. The summed E-state index contributed by atoms with van der Waals surface area (Å²) in [5.74, 6) is -0.846. The summed E-state index contributed by atoms with van der Waals surface area (Å²) in [6.07, 6.45) is 1.43. The lowest BCUT2D eigenvalue weighted by molar-refractivity contribution is -0.138. The molecule has 0 bridgehead atoms. The Morgan fingerprint density at radius 1 is 1.38 bits per heavy atom. The Kier molecular flexibility index (Phi) is 3.71. The van der Waals surface area contributed by atoms with Crippen molar-refractivity contribution in [3.05, 3.63) is 23.7 Å². The van der Waals surface area contributed by atoms with Crippen LogP contribution in [0.15, 0.2) is 16.7 Å². The number of carbonyl (C=O) groups excluding carboxylic acids is 1. The molecule has 88 valence electrons. The second-order valence-electron chi connectivity index (χ2n) is 3.89. The second-order valence-corrected chi connectivity index (χ2v) is 3.89. The summed E-state index contributed by atoms with van der Waals surface area (Å²) in [5.41, 5.74) is 0.392. The molecule has 0 spiro atoms. The Bertz CT molecular complexity index is 394. The molecule has 1 aromatic rings. The van der Waals surface area contributed by atoms with Crippen molar-refractivity contribution in [2.24, 2.45) is 0 Å². The van der Waals surface area contributed by atoms with E-state index in [-0.39, 0.29) is 5.92 Å². The maximum absolute atomic E-state index is 11.7. The Hall–Kier alpha value is -1.78. The van der Waals surface area contributed by atoms with Gasteiger partial charge in [-0.25, -0.2) is 0 Å². The summed E-state index contributed by atoms with van der Waals surface area (Å²) in [6.45, 7) is 5.21. The summed E-state index contributed by atoms with van der Waals surface area (Å²) in [6, 6.07) is 0.626. The maximum atomic E-state index is 11.7. The van der Waals surface area contributed by atoms with E-state index in [1.807, 2.05) is 13.8 Å². The predicted octanol–water partition coefficient (Wildman–Crippen LogP) is 1.61. The van der Waals surface area contributed by atoms with Gasteiger partial charge in [0.15, 0.2) is 0 Å². The van der Waals surface area contributed by atoms with Gasteiger partial charge in [0.05, 0.1) is 11.8 Å². The van der Waals surface area contributed by atoms with Crippen LogP contribution in [0.4, 0.5) is 0 Å². The maximum Gasteiger partial charge on any atom is 0.325 e. The van der Waals surface area contributed by atoms with Crippen LogP contribution in [0.5, 0.6) is 0 Å². The Balaban J connectivity index is 2.81. The number of furan rings is 1. The quantitative estimate of drug-likeness (QED) is 0.815. The van der Waals surface area contributed by atoms with Crippen LogP contribution in [0.3, 0.4) is 0 Å². The predicted molar refractivity (Wildman–Crippen MR) is 57.4 cm³/mol. The highest BCUT2D eigenvalue weighted by Crippen LogP contribution is 2.20. The number of amides is 1. The summed E-state index contributed by atoms with van der Waals surface area (Å²) >= 11 is 0. The fraction of sp³-hybridized carbons (Fsp3) is 0.455. The Morgan fingerprint density at radius 3 is 2.50 bits per heavy atom. The lowest BCUT2D eigenvalue weighted by Gasteiger charge is -2.10. The largest absolute Gasteiger partial charge is 0.480 e. The van der Waals surface area contributed by atoms with Crippen molar-refractivity contribution in [2.75, 3.05) is 0 Å². The van der Waals surface area contributed by atoms with Crippen molar-refractivity contribution >= 4 is 11.9 Å². The molecule has 2 N–H and O–H groups in total. The molecule has 1 rings (SSSR count). The molecule has 16 heavy (non-hydrogen) atoms. The minimum absolute atomic E-state index is 0.0795. The van der Waals surface area contributed by atoms with Crippen LogP contribution in [0, 0.1) is 0 Å². The zero-order chi connectivity index (χ0) is 12.3. The summed E-state index contributed by atoms with van der Waals surface area (Å²) in [5, 5.41) is 11.0. The van der Waals surface area contributed by atoms with E-state index in [9.17, 15) is 9.59 Å². The Morgan fingerprint density at radius 2 is 2.00 bits per heavy atom. The molecule has 1 aromatic heterocycles. The first-order valence-electron chi connectivity index (χ1n) is 5.04. The first kappa shape index (κ1) is 12.3. The smallest absolute Gasteiger partial charge is 0.325 e. The number of carboxylic acid groups (broad SMARTS) is 1. The number of rotatable bonds is 4. The third-order valence-electron chi connectivity index (χ3n) is 2.18. The molecule has 1 heterocycles. The normalized spacial score (nSPS) is 12.5. The molecule has 0 saturated heterocycles. The number of hydrogen-bond donors (Lipinski definition) is 2. The van der Waals surface area contributed by atoms with Crippen molar-refractivity contribution in [1.82, 2.24) is 5.32 Å².